The van der Waals surface area contributed by atoms with Gasteiger partial charge in [-0.1, -0.05) is 6.92 Å². The van der Waals surface area contributed by atoms with E-state index < -0.39 is 0 Å². The normalized spacial score (nSPS) is 29.4. The third-order valence-corrected chi connectivity index (χ3v) is 3.56. The van der Waals surface area contributed by atoms with Crippen molar-refractivity contribution in [3.8, 4) is 0 Å². The first-order valence-electron chi connectivity index (χ1n) is 6.23. The van der Waals surface area contributed by atoms with Crippen LogP contribution in [0.1, 0.15) is 40.0 Å². The number of hydrogen-bond acceptors (Lipinski definition) is 3. The summed E-state index contributed by atoms with van der Waals surface area (Å²) in [6.07, 6.45) is 3.35. The van der Waals surface area contributed by atoms with Gasteiger partial charge in [0.05, 0.1) is 6.61 Å². The second-order valence-corrected chi connectivity index (χ2v) is 4.95. The van der Waals surface area contributed by atoms with Crippen LogP contribution in [0.3, 0.4) is 0 Å². The predicted molar refractivity (Wildman–Crippen MR) is 64.1 cm³/mol. The van der Waals surface area contributed by atoms with E-state index in [0.717, 1.165) is 25.9 Å². The van der Waals surface area contributed by atoms with Crippen LogP contribution in [0.25, 0.3) is 0 Å². The molecule has 1 rings (SSSR count). The molecule has 0 aromatic heterocycles. The van der Waals surface area contributed by atoms with Gasteiger partial charge in [-0.05, 0) is 46.2 Å². The van der Waals surface area contributed by atoms with Crippen molar-refractivity contribution in [1.82, 2.24) is 10.2 Å². The van der Waals surface area contributed by atoms with Gasteiger partial charge >= 0.3 is 0 Å². The lowest BCUT2D eigenvalue weighted by atomic mass is 9.91. The quantitative estimate of drug-likeness (QED) is 0.738. The molecule has 1 saturated heterocycles. The summed E-state index contributed by atoms with van der Waals surface area (Å²) in [5.74, 6) is 0. The van der Waals surface area contributed by atoms with Gasteiger partial charge in [0.1, 0.15) is 0 Å². The van der Waals surface area contributed by atoms with Crippen molar-refractivity contribution >= 4 is 0 Å². The average Bonchev–Trinajstić information content (AvgIpc) is 2.42. The molecule has 1 aliphatic rings. The number of aliphatic hydroxyl groups excluding tert-OH is 1. The molecule has 0 bridgehead atoms. The Hall–Kier alpha value is -0.120. The minimum atomic E-state index is -0.0155. The van der Waals surface area contributed by atoms with Crippen LogP contribution in [0.4, 0.5) is 0 Å². The molecule has 3 heteroatoms. The van der Waals surface area contributed by atoms with E-state index in [1.165, 1.54) is 13.0 Å². The van der Waals surface area contributed by atoms with Crippen molar-refractivity contribution in [2.45, 2.75) is 51.6 Å². The Morgan fingerprint density at radius 3 is 2.60 bits per heavy atom. The molecule has 2 N–H and O–H groups in total. The number of nitrogens with one attached hydrogen (secondary N) is 1. The third-order valence-electron chi connectivity index (χ3n) is 3.56. The van der Waals surface area contributed by atoms with E-state index in [1.54, 1.807) is 0 Å². The van der Waals surface area contributed by atoms with Gasteiger partial charge in [0.2, 0.25) is 0 Å². The SMILES string of the molecule is CCNC1(CO)CCCN(C(C)C)CC1. The van der Waals surface area contributed by atoms with Crippen LogP contribution in [0.5, 0.6) is 0 Å². The highest BCUT2D eigenvalue weighted by atomic mass is 16.3. The third kappa shape index (κ3) is 3.44. The molecule has 1 fully saturated rings. The lowest BCUT2D eigenvalue weighted by Gasteiger charge is -2.32. The summed E-state index contributed by atoms with van der Waals surface area (Å²) in [6, 6.07) is 0.626. The lowest BCUT2D eigenvalue weighted by Crippen LogP contribution is -2.49. The van der Waals surface area contributed by atoms with E-state index in [4.69, 9.17) is 0 Å². The Morgan fingerprint density at radius 1 is 1.33 bits per heavy atom. The molecule has 1 atom stereocenters. The topological polar surface area (TPSA) is 35.5 Å². The molecule has 0 spiro atoms. The zero-order valence-electron chi connectivity index (χ0n) is 10.4. The molecule has 1 heterocycles. The maximum atomic E-state index is 9.54. The zero-order chi connectivity index (χ0) is 11.3. The smallest absolute Gasteiger partial charge is 0.0613 e. The van der Waals surface area contributed by atoms with Crippen molar-refractivity contribution in [2.24, 2.45) is 0 Å². The van der Waals surface area contributed by atoms with Gasteiger partial charge in [-0.25, -0.2) is 0 Å². The molecular weight excluding hydrogens is 188 g/mol. The first-order valence-corrected chi connectivity index (χ1v) is 6.23. The van der Waals surface area contributed by atoms with Crippen molar-refractivity contribution in [3.05, 3.63) is 0 Å². The highest BCUT2D eigenvalue weighted by Crippen LogP contribution is 2.22. The number of likely N-dealkylation sites (N-methyl/N-ethyl adjacent to an activating group) is 1. The molecule has 3 nitrogen and oxygen atoms in total. The summed E-state index contributed by atoms with van der Waals surface area (Å²) in [7, 11) is 0. The molecule has 90 valence electrons. The van der Waals surface area contributed by atoms with Crippen LogP contribution in [0.2, 0.25) is 0 Å². The van der Waals surface area contributed by atoms with Crippen LogP contribution >= 0.6 is 0 Å². The Bertz CT molecular complexity index is 184. The summed E-state index contributed by atoms with van der Waals surface area (Å²) in [5.41, 5.74) is -0.0155. The molecule has 15 heavy (non-hydrogen) atoms. The highest BCUT2D eigenvalue weighted by Gasteiger charge is 2.31. The van der Waals surface area contributed by atoms with Gasteiger partial charge in [-0.3, -0.25) is 0 Å². The Labute approximate surface area is 93.9 Å². The molecule has 0 amide bonds. The number of rotatable bonds is 4. The highest BCUT2D eigenvalue weighted by molar-refractivity contribution is 4.91. The summed E-state index contributed by atoms with van der Waals surface area (Å²) in [4.78, 5) is 2.51. The van der Waals surface area contributed by atoms with Crippen molar-refractivity contribution < 1.29 is 5.11 Å². The van der Waals surface area contributed by atoms with Crippen LogP contribution in [-0.4, -0.2) is 47.8 Å². The lowest BCUT2D eigenvalue weighted by molar-refractivity contribution is 0.141. The summed E-state index contributed by atoms with van der Waals surface area (Å²) in [6.45, 7) is 10.1. The molecule has 1 unspecified atom stereocenters. The second kappa shape index (κ2) is 5.83. The predicted octanol–water partition coefficient (Wildman–Crippen LogP) is 1.22. The zero-order valence-corrected chi connectivity index (χ0v) is 10.4. The summed E-state index contributed by atoms with van der Waals surface area (Å²) >= 11 is 0. The molecule has 0 aliphatic carbocycles. The molecule has 0 aromatic carbocycles. The molecule has 0 saturated carbocycles. The summed E-state index contributed by atoms with van der Waals surface area (Å²) in [5, 5.41) is 13.0. The molecule has 0 radical (unpaired) electrons. The second-order valence-electron chi connectivity index (χ2n) is 4.95. The van der Waals surface area contributed by atoms with Gasteiger partial charge in [-0.2, -0.15) is 0 Å². The van der Waals surface area contributed by atoms with E-state index in [1.807, 2.05) is 0 Å². The van der Waals surface area contributed by atoms with Crippen molar-refractivity contribution in [1.29, 1.82) is 0 Å². The van der Waals surface area contributed by atoms with Gasteiger partial charge in [-0.15, -0.1) is 0 Å². The largest absolute Gasteiger partial charge is 0.394 e. The molecule has 1 aliphatic heterocycles. The fourth-order valence-electron chi connectivity index (χ4n) is 2.50. The van der Waals surface area contributed by atoms with Crippen LogP contribution in [0, 0.1) is 0 Å². The van der Waals surface area contributed by atoms with Crippen LogP contribution in [0.15, 0.2) is 0 Å². The Morgan fingerprint density at radius 2 is 2.07 bits per heavy atom. The first kappa shape index (κ1) is 12.9. The fourth-order valence-corrected chi connectivity index (χ4v) is 2.50. The maximum absolute atomic E-state index is 9.54. The minimum Gasteiger partial charge on any atom is -0.394 e. The summed E-state index contributed by atoms with van der Waals surface area (Å²) < 4.78 is 0. The fraction of sp³-hybridized carbons (Fsp3) is 1.00. The Balaban J connectivity index is 2.56. The number of likely N-dealkylation sites (tertiary alicyclic amines) is 1. The standard InChI is InChI=1S/C12H26N2O/c1-4-13-12(10-15)6-5-8-14(9-7-12)11(2)3/h11,13,15H,4-10H2,1-3H3. The number of aliphatic hydroxyl groups is 1. The van der Waals surface area contributed by atoms with E-state index in [0.29, 0.717) is 6.04 Å². The minimum absolute atomic E-state index is 0.0155. The van der Waals surface area contributed by atoms with Crippen LogP contribution in [-0.2, 0) is 0 Å². The monoisotopic (exact) mass is 214 g/mol. The van der Waals surface area contributed by atoms with Gasteiger partial charge in [0.25, 0.3) is 0 Å². The number of hydrogen-bond donors (Lipinski definition) is 2. The van der Waals surface area contributed by atoms with Gasteiger partial charge < -0.3 is 15.3 Å². The Kier molecular flexibility index (Phi) is 5.03. The van der Waals surface area contributed by atoms with Gasteiger partial charge in [0, 0.05) is 18.1 Å². The molecule has 0 aromatic rings. The van der Waals surface area contributed by atoms with E-state index in [-0.39, 0.29) is 12.1 Å². The van der Waals surface area contributed by atoms with E-state index >= 15 is 0 Å². The average molecular weight is 214 g/mol. The number of nitrogens with zero attached hydrogens (tertiary/aromatic N) is 1. The molecular formula is C12H26N2O. The first-order chi connectivity index (χ1) is 7.13. The van der Waals surface area contributed by atoms with Crippen LogP contribution < -0.4 is 5.32 Å². The maximum Gasteiger partial charge on any atom is 0.0613 e. The van der Waals surface area contributed by atoms with Crippen molar-refractivity contribution in [2.75, 3.05) is 26.2 Å². The van der Waals surface area contributed by atoms with E-state index in [9.17, 15) is 5.11 Å². The van der Waals surface area contributed by atoms with E-state index in [2.05, 4.69) is 31.0 Å². The van der Waals surface area contributed by atoms with Gasteiger partial charge in [0.15, 0.2) is 0 Å². The van der Waals surface area contributed by atoms with Crippen molar-refractivity contribution in [3.63, 3.8) is 0 Å².